The van der Waals surface area contributed by atoms with Crippen LogP contribution in [0.2, 0.25) is 0 Å². The lowest BCUT2D eigenvalue weighted by atomic mass is 9.79. The van der Waals surface area contributed by atoms with Gasteiger partial charge in [0.05, 0.1) is 6.61 Å². The Bertz CT molecular complexity index is 307. The molecule has 0 saturated carbocycles. The molecule has 116 valence electrons. The van der Waals surface area contributed by atoms with E-state index in [9.17, 15) is 0 Å². The summed E-state index contributed by atoms with van der Waals surface area (Å²) in [6, 6.07) is 0.789. The normalized spacial score (nSPS) is 34.0. The van der Waals surface area contributed by atoms with Crippen LogP contribution in [0.3, 0.4) is 0 Å². The maximum absolute atomic E-state index is 5.51. The van der Waals surface area contributed by atoms with E-state index in [1.54, 1.807) is 0 Å². The Labute approximate surface area is 123 Å². The number of piperidine rings is 1. The van der Waals surface area contributed by atoms with Crippen molar-refractivity contribution >= 4 is 0 Å². The van der Waals surface area contributed by atoms with Crippen LogP contribution in [-0.4, -0.2) is 75.5 Å². The van der Waals surface area contributed by atoms with Crippen molar-refractivity contribution in [2.24, 2.45) is 5.41 Å². The fourth-order valence-corrected chi connectivity index (χ4v) is 4.39. The Hall–Kier alpha value is -0.160. The first kappa shape index (κ1) is 14.8. The highest BCUT2D eigenvalue weighted by atomic mass is 16.5. The highest BCUT2D eigenvalue weighted by Crippen LogP contribution is 2.40. The van der Waals surface area contributed by atoms with Gasteiger partial charge in [0.25, 0.3) is 0 Å². The Morgan fingerprint density at radius 2 is 2.00 bits per heavy atom. The Morgan fingerprint density at radius 3 is 2.80 bits per heavy atom. The molecule has 4 heteroatoms. The average Bonchev–Trinajstić information content (AvgIpc) is 2.90. The van der Waals surface area contributed by atoms with E-state index < -0.39 is 0 Å². The van der Waals surface area contributed by atoms with E-state index >= 15 is 0 Å². The number of likely N-dealkylation sites (tertiary alicyclic amines) is 2. The van der Waals surface area contributed by atoms with Crippen molar-refractivity contribution in [2.75, 3.05) is 59.7 Å². The summed E-state index contributed by atoms with van der Waals surface area (Å²) in [6.07, 6.45) is 6.67. The van der Waals surface area contributed by atoms with Crippen molar-refractivity contribution in [1.82, 2.24) is 9.80 Å². The summed E-state index contributed by atoms with van der Waals surface area (Å²) in [5, 5.41) is 0. The van der Waals surface area contributed by atoms with Gasteiger partial charge in [-0.1, -0.05) is 0 Å². The molecule has 1 spiro atoms. The molecule has 20 heavy (non-hydrogen) atoms. The lowest BCUT2D eigenvalue weighted by Gasteiger charge is -2.41. The zero-order valence-electron chi connectivity index (χ0n) is 13.0. The lowest BCUT2D eigenvalue weighted by Crippen LogP contribution is -2.47. The molecule has 4 nitrogen and oxygen atoms in total. The van der Waals surface area contributed by atoms with Gasteiger partial charge in [-0.3, -0.25) is 4.90 Å². The largest absolute Gasteiger partial charge is 0.383 e. The van der Waals surface area contributed by atoms with E-state index in [4.69, 9.17) is 9.47 Å². The molecule has 3 aliphatic rings. The van der Waals surface area contributed by atoms with Crippen LogP contribution in [-0.2, 0) is 9.47 Å². The standard InChI is InChI=1S/C16H30N2O2/c1-19-12-9-17-7-2-5-16(13-17)6-8-18(14-16)15-3-10-20-11-4-15/h15H,2-14H2,1H3/t16-/m1/s1. The van der Waals surface area contributed by atoms with Gasteiger partial charge in [0.2, 0.25) is 0 Å². The van der Waals surface area contributed by atoms with Crippen LogP contribution in [0.15, 0.2) is 0 Å². The highest BCUT2D eigenvalue weighted by molar-refractivity contribution is 4.96. The molecule has 0 aromatic heterocycles. The van der Waals surface area contributed by atoms with Crippen molar-refractivity contribution in [3.8, 4) is 0 Å². The van der Waals surface area contributed by atoms with Gasteiger partial charge in [0.1, 0.15) is 0 Å². The molecule has 3 heterocycles. The van der Waals surface area contributed by atoms with Gasteiger partial charge in [-0.2, -0.15) is 0 Å². The van der Waals surface area contributed by atoms with Crippen LogP contribution in [0.5, 0.6) is 0 Å². The Kier molecular flexibility index (Phi) is 4.97. The summed E-state index contributed by atoms with van der Waals surface area (Å²) in [5.41, 5.74) is 0.574. The highest BCUT2D eigenvalue weighted by Gasteiger charge is 2.42. The van der Waals surface area contributed by atoms with Crippen LogP contribution in [0.4, 0.5) is 0 Å². The number of rotatable bonds is 4. The molecule has 0 aromatic carbocycles. The van der Waals surface area contributed by atoms with Gasteiger partial charge in [0, 0.05) is 46.0 Å². The summed E-state index contributed by atoms with van der Waals surface area (Å²) in [5.74, 6) is 0. The number of ether oxygens (including phenoxy) is 2. The minimum absolute atomic E-state index is 0.574. The van der Waals surface area contributed by atoms with E-state index in [2.05, 4.69) is 9.80 Å². The molecule has 0 N–H and O–H groups in total. The lowest BCUT2D eigenvalue weighted by molar-refractivity contribution is 0.0283. The van der Waals surface area contributed by atoms with Gasteiger partial charge < -0.3 is 14.4 Å². The molecule has 0 aliphatic carbocycles. The summed E-state index contributed by atoms with van der Waals surface area (Å²) < 4.78 is 10.8. The zero-order chi connectivity index (χ0) is 13.8. The predicted molar refractivity (Wildman–Crippen MR) is 80.0 cm³/mol. The smallest absolute Gasteiger partial charge is 0.0589 e. The minimum atomic E-state index is 0.574. The van der Waals surface area contributed by atoms with E-state index in [0.717, 1.165) is 32.4 Å². The quantitative estimate of drug-likeness (QED) is 0.782. The van der Waals surface area contributed by atoms with Gasteiger partial charge in [-0.15, -0.1) is 0 Å². The average molecular weight is 282 g/mol. The Morgan fingerprint density at radius 1 is 1.15 bits per heavy atom. The van der Waals surface area contributed by atoms with Crippen LogP contribution in [0, 0.1) is 5.41 Å². The summed E-state index contributed by atoms with van der Waals surface area (Å²) in [7, 11) is 1.81. The third kappa shape index (κ3) is 3.35. The van der Waals surface area contributed by atoms with Crippen molar-refractivity contribution in [3.05, 3.63) is 0 Å². The molecule has 3 rings (SSSR count). The molecule has 0 amide bonds. The SMILES string of the molecule is COCCN1CCC[C@@]2(CCN(C3CCOCC3)C2)C1. The second-order valence-corrected chi connectivity index (χ2v) is 6.94. The van der Waals surface area contributed by atoms with Gasteiger partial charge in [-0.05, 0) is 50.6 Å². The van der Waals surface area contributed by atoms with Crippen molar-refractivity contribution in [1.29, 1.82) is 0 Å². The molecule has 0 unspecified atom stereocenters. The second-order valence-electron chi connectivity index (χ2n) is 6.94. The number of hydrogen-bond acceptors (Lipinski definition) is 4. The third-order valence-electron chi connectivity index (χ3n) is 5.53. The fourth-order valence-electron chi connectivity index (χ4n) is 4.39. The van der Waals surface area contributed by atoms with Gasteiger partial charge >= 0.3 is 0 Å². The van der Waals surface area contributed by atoms with E-state index in [0.29, 0.717) is 5.41 Å². The third-order valence-corrected chi connectivity index (χ3v) is 5.53. The molecule has 3 fully saturated rings. The van der Waals surface area contributed by atoms with Gasteiger partial charge in [0.15, 0.2) is 0 Å². The summed E-state index contributed by atoms with van der Waals surface area (Å²) >= 11 is 0. The molecular formula is C16H30N2O2. The molecule has 0 bridgehead atoms. The first-order valence-corrected chi connectivity index (χ1v) is 8.34. The maximum Gasteiger partial charge on any atom is 0.0589 e. The molecule has 0 radical (unpaired) electrons. The van der Waals surface area contributed by atoms with Crippen LogP contribution >= 0.6 is 0 Å². The molecule has 0 aromatic rings. The minimum Gasteiger partial charge on any atom is -0.383 e. The second kappa shape index (κ2) is 6.73. The zero-order valence-corrected chi connectivity index (χ0v) is 13.0. The summed E-state index contributed by atoms with van der Waals surface area (Å²) in [6.45, 7) is 9.10. The topological polar surface area (TPSA) is 24.9 Å². The molecule has 1 atom stereocenters. The monoisotopic (exact) mass is 282 g/mol. The van der Waals surface area contributed by atoms with Crippen LogP contribution in [0.25, 0.3) is 0 Å². The van der Waals surface area contributed by atoms with Crippen molar-refractivity contribution in [3.63, 3.8) is 0 Å². The van der Waals surface area contributed by atoms with E-state index in [1.807, 2.05) is 7.11 Å². The van der Waals surface area contributed by atoms with Crippen molar-refractivity contribution in [2.45, 2.75) is 38.1 Å². The number of nitrogens with zero attached hydrogens (tertiary/aromatic N) is 2. The number of hydrogen-bond donors (Lipinski definition) is 0. The predicted octanol–water partition coefficient (Wildman–Crippen LogP) is 1.60. The maximum atomic E-state index is 5.51. The van der Waals surface area contributed by atoms with Crippen LogP contribution in [0.1, 0.15) is 32.1 Å². The van der Waals surface area contributed by atoms with E-state index in [1.165, 1.54) is 58.3 Å². The molecular weight excluding hydrogens is 252 g/mol. The summed E-state index contributed by atoms with van der Waals surface area (Å²) in [4.78, 5) is 5.39. The molecule has 3 aliphatic heterocycles. The van der Waals surface area contributed by atoms with Crippen molar-refractivity contribution < 1.29 is 9.47 Å². The fraction of sp³-hybridized carbons (Fsp3) is 1.00. The van der Waals surface area contributed by atoms with E-state index in [-0.39, 0.29) is 0 Å². The van der Waals surface area contributed by atoms with Gasteiger partial charge in [-0.25, -0.2) is 0 Å². The van der Waals surface area contributed by atoms with Crippen LogP contribution < -0.4 is 0 Å². The first-order valence-electron chi connectivity index (χ1n) is 8.34. The number of methoxy groups -OCH3 is 1. The molecule has 3 saturated heterocycles. The Balaban J connectivity index is 1.54. The first-order chi connectivity index (χ1) is 9.81.